The molecule has 3 heterocycles. The first-order valence-corrected chi connectivity index (χ1v) is 14.6. The van der Waals surface area contributed by atoms with Gasteiger partial charge in [-0.05, 0) is 80.6 Å². The summed E-state index contributed by atoms with van der Waals surface area (Å²) in [6.45, 7) is 6.18. The highest BCUT2D eigenvalue weighted by atomic mass is 35.5. The van der Waals surface area contributed by atoms with Crippen LogP contribution < -0.4 is 4.90 Å². The van der Waals surface area contributed by atoms with Gasteiger partial charge in [-0.15, -0.1) is 0 Å². The molecule has 0 spiro atoms. The highest BCUT2D eigenvalue weighted by Crippen LogP contribution is 2.47. The Kier molecular flexibility index (Phi) is 7.18. The number of hydrogen-bond donors (Lipinski definition) is 1. The molecule has 0 radical (unpaired) electrons. The van der Waals surface area contributed by atoms with Crippen molar-refractivity contribution in [2.24, 2.45) is 0 Å². The number of benzene rings is 2. The van der Waals surface area contributed by atoms with Crippen LogP contribution in [0.2, 0.25) is 5.02 Å². The fraction of sp³-hybridized carbons (Fsp3) is 0.516. The molecule has 3 aliphatic rings. The second kappa shape index (κ2) is 10.7. The second-order valence-electron chi connectivity index (χ2n) is 11.2. The largest absolute Gasteiger partial charge is 0.478 e. The van der Waals surface area contributed by atoms with Crippen LogP contribution in [0.5, 0.6) is 0 Å². The Morgan fingerprint density at radius 3 is 2.38 bits per heavy atom. The number of fused-ring (bicyclic) bond motifs is 5. The minimum absolute atomic E-state index is 0.363. The van der Waals surface area contributed by atoms with Gasteiger partial charge in [-0.25, -0.2) is 4.79 Å². The number of carbonyl (C=O) groups is 1. The maximum atomic E-state index is 11.9. The summed E-state index contributed by atoms with van der Waals surface area (Å²) >= 11 is 6.61. The van der Waals surface area contributed by atoms with E-state index in [2.05, 4.69) is 32.6 Å². The van der Waals surface area contributed by atoms with Crippen LogP contribution >= 0.6 is 11.6 Å². The molecule has 37 heavy (non-hydrogen) atoms. The van der Waals surface area contributed by atoms with Gasteiger partial charge in [-0.1, -0.05) is 49.8 Å². The van der Waals surface area contributed by atoms with Gasteiger partial charge in [0.05, 0.1) is 11.3 Å². The summed E-state index contributed by atoms with van der Waals surface area (Å²) in [5.74, 6) is -0.355. The van der Waals surface area contributed by atoms with Crippen LogP contribution in [-0.4, -0.2) is 53.3 Å². The van der Waals surface area contributed by atoms with Crippen LogP contribution in [0, 0.1) is 0 Å². The van der Waals surface area contributed by atoms with Crippen LogP contribution in [-0.2, 0) is 6.54 Å². The van der Waals surface area contributed by atoms with E-state index < -0.39 is 5.97 Å². The summed E-state index contributed by atoms with van der Waals surface area (Å²) in [7, 11) is 0. The molecule has 0 amide bonds. The molecular weight excluding hydrogens is 482 g/mol. The maximum absolute atomic E-state index is 11.9. The summed E-state index contributed by atoms with van der Waals surface area (Å²) in [6, 6.07) is 12.1. The third kappa shape index (κ3) is 4.88. The van der Waals surface area contributed by atoms with Crippen LogP contribution in [0.1, 0.15) is 79.6 Å². The van der Waals surface area contributed by atoms with Crippen molar-refractivity contribution in [2.45, 2.75) is 70.3 Å². The number of likely N-dealkylation sites (tertiary alicyclic amines) is 1. The van der Waals surface area contributed by atoms with E-state index in [9.17, 15) is 9.90 Å². The molecule has 0 unspecified atom stereocenters. The minimum Gasteiger partial charge on any atom is -0.478 e. The lowest BCUT2D eigenvalue weighted by atomic mass is 9.81. The fourth-order valence-electron chi connectivity index (χ4n) is 7.00. The minimum atomic E-state index is -0.864. The zero-order valence-corrected chi connectivity index (χ0v) is 22.5. The monoisotopic (exact) mass is 519 g/mol. The van der Waals surface area contributed by atoms with Gasteiger partial charge in [0.2, 0.25) is 0 Å². The van der Waals surface area contributed by atoms with Gasteiger partial charge in [-0.2, -0.15) is 0 Å². The lowest BCUT2D eigenvalue weighted by Crippen LogP contribution is -2.37. The van der Waals surface area contributed by atoms with Crippen LogP contribution in [0.15, 0.2) is 36.4 Å². The van der Waals surface area contributed by atoms with Crippen molar-refractivity contribution in [1.29, 1.82) is 0 Å². The van der Waals surface area contributed by atoms with E-state index in [1.54, 1.807) is 6.07 Å². The van der Waals surface area contributed by atoms with Crippen molar-refractivity contribution >= 4 is 34.2 Å². The predicted molar refractivity (Wildman–Crippen MR) is 152 cm³/mol. The van der Waals surface area contributed by atoms with E-state index in [-0.39, 0.29) is 0 Å². The molecule has 1 saturated carbocycles. The number of halogens is 1. The summed E-state index contributed by atoms with van der Waals surface area (Å²) in [5, 5.41) is 11.8. The molecule has 3 aromatic rings. The summed E-state index contributed by atoms with van der Waals surface area (Å²) in [5.41, 5.74) is 6.59. The molecule has 2 fully saturated rings. The first kappa shape index (κ1) is 24.8. The number of aromatic carboxylic acids is 1. The van der Waals surface area contributed by atoms with Crippen molar-refractivity contribution in [1.82, 2.24) is 9.47 Å². The zero-order valence-electron chi connectivity index (χ0n) is 21.7. The third-order valence-electron chi connectivity index (χ3n) is 8.90. The standard InChI is InChI=1S/C31H38ClN3O2/c32-24-11-13-26-27(21-24)34(17-16-33-14-6-1-2-7-15-33)18-19-35-28-20-23(31(36)37)10-12-25(28)29(30(26)35)22-8-4-3-5-9-22/h10-13,20-22H,1-9,14-19H2,(H,36,37). The second-order valence-corrected chi connectivity index (χ2v) is 11.6. The topological polar surface area (TPSA) is 48.7 Å². The summed E-state index contributed by atoms with van der Waals surface area (Å²) in [6.07, 6.45) is 11.5. The number of aromatic nitrogens is 1. The number of nitrogens with zero attached hydrogens (tertiary/aromatic N) is 3. The molecule has 6 heteroatoms. The van der Waals surface area contributed by atoms with Crippen molar-refractivity contribution in [3.63, 3.8) is 0 Å². The molecule has 1 aliphatic carbocycles. The molecule has 2 aromatic carbocycles. The zero-order chi connectivity index (χ0) is 25.4. The Bertz CT molecular complexity index is 1290. The Balaban J connectivity index is 1.46. The van der Waals surface area contributed by atoms with Gasteiger partial charge >= 0.3 is 5.97 Å². The van der Waals surface area contributed by atoms with Crippen molar-refractivity contribution in [3.05, 3.63) is 52.5 Å². The quantitative estimate of drug-likeness (QED) is 0.381. The average Bonchev–Trinajstić information content (AvgIpc) is 3.05. The van der Waals surface area contributed by atoms with Crippen LogP contribution in [0.25, 0.3) is 22.2 Å². The molecule has 1 saturated heterocycles. The molecule has 1 N–H and O–H groups in total. The Hall–Kier alpha value is -2.50. The van der Waals surface area contributed by atoms with Gasteiger partial charge in [0.1, 0.15) is 0 Å². The average molecular weight is 520 g/mol. The van der Waals surface area contributed by atoms with Crippen LogP contribution in [0.3, 0.4) is 0 Å². The van der Waals surface area contributed by atoms with Gasteiger partial charge in [0, 0.05) is 53.4 Å². The first-order chi connectivity index (χ1) is 18.1. The van der Waals surface area contributed by atoms with Gasteiger partial charge < -0.3 is 19.5 Å². The smallest absolute Gasteiger partial charge is 0.335 e. The molecule has 0 bridgehead atoms. The Morgan fingerprint density at radius 2 is 1.62 bits per heavy atom. The molecule has 6 rings (SSSR count). The maximum Gasteiger partial charge on any atom is 0.335 e. The van der Waals surface area contributed by atoms with E-state index in [1.807, 2.05) is 12.1 Å². The van der Waals surface area contributed by atoms with Crippen molar-refractivity contribution in [2.75, 3.05) is 37.6 Å². The number of carboxylic acid groups (broad SMARTS) is 1. The Morgan fingerprint density at radius 1 is 0.865 bits per heavy atom. The molecular formula is C31H38ClN3O2. The number of rotatable bonds is 5. The highest BCUT2D eigenvalue weighted by molar-refractivity contribution is 6.31. The molecule has 2 aliphatic heterocycles. The van der Waals surface area contributed by atoms with Crippen molar-refractivity contribution < 1.29 is 9.90 Å². The van der Waals surface area contributed by atoms with E-state index >= 15 is 0 Å². The summed E-state index contributed by atoms with van der Waals surface area (Å²) in [4.78, 5) is 17.1. The van der Waals surface area contributed by atoms with E-state index in [1.165, 1.54) is 98.8 Å². The summed E-state index contributed by atoms with van der Waals surface area (Å²) < 4.78 is 2.42. The van der Waals surface area contributed by atoms with E-state index in [0.29, 0.717) is 11.5 Å². The van der Waals surface area contributed by atoms with E-state index in [0.717, 1.165) is 36.7 Å². The third-order valence-corrected chi connectivity index (χ3v) is 9.13. The molecule has 1 aromatic heterocycles. The number of anilines is 1. The predicted octanol–water partition coefficient (Wildman–Crippen LogP) is 7.40. The molecule has 0 atom stereocenters. The number of hydrogen-bond acceptors (Lipinski definition) is 3. The van der Waals surface area contributed by atoms with Gasteiger partial charge in [0.15, 0.2) is 0 Å². The lowest BCUT2D eigenvalue weighted by Gasteiger charge is -2.29. The fourth-order valence-corrected chi connectivity index (χ4v) is 7.16. The Labute approximate surface area is 225 Å². The SMILES string of the molecule is O=C(O)c1ccc2c(C3CCCCC3)c3n(c2c1)CCN(CCN1CCCCCC1)c1cc(Cl)ccc1-3. The number of carboxylic acids is 1. The first-order valence-electron chi connectivity index (χ1n) is 14.3. The van der Waals surface area contributed by atoms with Gasteiger partial charge in [-0.3, -0.25) is 0 Å². The molecule has 196 valence electrons. The highest BCUT2D eigenvalue weighted by Gasteiger charge is 2.31. The van der Waals surface area contributed by atoms with E-state index in [4.69, 9.17) is 11.6 Å². The van der Waals surface area contributed by atoms with Crippen molar-refractivity contribution in [3.8, 4) is 11.3 Å². The normalized spacial score (nSPS) is 19.3. The lowest BCUT2D eigenvalue weighted by molar-refractivity contribution is 0.0697. The van der Waals surface area contributed by atoms with Gasteiger partial charge in [0.25, 0.3) is 0 Å². The van der Waals surface area contributed by atoms with Crippen LogP contribution in [0.4, 0.5) is 5.69 Å². The molecule has 5 nitrogen and oxygen atoms in total.